The van der Waals surface area contributed by atoms with Gasteiger partial charge in [0.05, 0.1) is 0 Å². The molecule has 0 aliphatic heterocycles. The molecule has 0 amide bonds. The van der Waals surface area contributed by atoms with Gasteiger partial charge in [0.2, 0.25) is 0 Å². The number of thioether (sulfide) groups is 1. The third kappa shape index (κ3) is 14.9. The van der Waals surface area contributed by atoms with Crippen molar-refractivity contribution in [1.82, 2.24) is 0 Å². The summed E-state index contributed by atoms with van der Waals surface area (Å²) in [5.74, 6) is 0.819. The molecule has 0 bridgehead atoms. The number of rotatable bonds is 10. The third-order valence-corrected chi connectivity index (χ3v) is 6.91. The number of aryl methyl sites for hydroxylation is 4. The average molecular weight is 561 g/mol. The van der Waals surface area contributed by atoms with Crippen LogP contribution in [0, 0.1) is 13.8 Å². The van der Waals surface area contributed by atoms with E-state index >= 15 is 0 Å². The molecule has 0 heterocycles. The fraction of sp³-hybridized carbons (Fsp3) is 0.378. The summed E-state index contributed by atoms with van der Waals surface area (Å²) in [5, 5.41) is 2.16. The summed E-state index contributed by atoms with van der Waals surface area (Å²) in [7, 11) is 0. The second-order valence-electron chi connectivity index (χ2n) is 9.20. The van der Waals surface area contributed by atoms with Crippen molar-refractivity contribution in [1.29, 1.82) is 0 Å². The van der Waals surface area contributed by atoms with Crippen LogP contribution in [0.1, 0.15) is 100.0 Å². The largest absolute Gasteiger partial charge is 0.489 e. The van der Waals surface area contributed by atoms with Crippen molar-refractivity contribution < 1.29 is 9.53 Å². The molecule has 0 saturated carbocycles. The van der Waals surface area contributed by atoms with Crippen molar-refractivity contribution in [3.8, 4) is 5.75 Å². The van der Waals surface area contributed by atoms with Gasteiger partial charge in [-0.15, -0.1) is 11.8 Å². The zero-order chi connectivity index (χ0) is 30.5. The van der Waals surface area contributed by atoms with Crippen molar-refractivity contribution in [3.63, 3.8) is 0 Å². The Kier molecular flexibility index (Phi) is 20.1. The van der Waals surface area contributed by atoms with E-state index in [9.17, 15) is 4.79 Å². The molecule has 0 atom stereocenters. The summed E-state index contributed by atoms with van der Waals surface area (Å²) in [6, 6.07) is 22.5. The first kappa shape index (κ1) is 37.0. The lowest BCUT2D eigenvalue weighted by atomic mass is 9.98. The monoisotopic (exact) mass is 560 g/mol. The Hall–Kier alpha value is -3.04. The molecule has 3 aromatic carbocycles. The number of ketones is 1. The van der Waals surface area contributed by atoms with Gasteiger partial charge in [0.15, 0.2) is 5.78 Å². The summed E-state index contributed by atoms with van der Waals surface area (Å²) in [5.41, 5.74) is 8.27. The zero-order valence-corrected chi connectivity index (χ0v) is 27.5. The van der Waals surface area contributed by atoms with Crippen LogP contribution in [0.25, 0.3) is 0 Å². The SMILES string of the molecule is C=C(C)S/C=C(\C)CC.CC.CC.CC(=O)c1cc(CCc2ccccc2C)cc(OCc2ccccc2C)c1. The molecule has 2 nitrogen and oxygen atoms in total. The Morgan fingerprint density at radius 1 is 0.825 bits per heavy atom. The first-order valence-corrected chi connectivity index (χ1v) is 15.4. The lowest BCUT2D eigenvalue weighted by molar-refractivity contribution is 0.101. The van der Waals surface area contributed by atoms with Gasteiger partial charge in [-0.2, -0.15) is 0 Å². The predicted molar refractivity (Wildman–Crippen MR) is 180 cm³/mol. The molecule has 0 radical (unpaired) electrons. The number of benzene rings is 3. The maximum atomic E-state index is 12.0. The maximum Gasteiger partial charge on any atom is 0.159 e. The Morgan fingerprint density at radius 2 is 1.38 bits per heavy atom. The Labute approximate surface area is 250 Å². The van der Waals surface area contributed by atoms with Crippen LogP contribution in [-0.4, -0.2) is 5.78 Å². The van der Waals surface area contributed by atoms with Crippen molar-refractivity contribution in [2.45, 2.75) is 95.1 Å². The summed E-state index contributed by atoms with van der Waals surface area (Å²) in [4.78, 5) is 13.1. The first-order chi connectivity index (χ1) is 19.2. The van der Waals surface area contributed by atoms with Crippen LogP contribution in [0.15, 0.2) is 89.2 Å². The normalized spacial score (nSPS) is 10.1. The minimum Gasteiger partial charge on any atom is -0.489 e. The van der Waals surface area contributed by atoms with Gasteiger partial charge in [0, 0.05) is 5.56 Å². The van der Waals surface area contributed by atoms with Gasteiger partial charge in [-0.3, -0.25) is 4.79 Å². The average Bonchev–Trinajstić information content (AvgIpc) is 2.97. The number of Topliss-reactive ketones (excluding diaryl/α,β-unsaturated/α-hetero) is 1. The highest BCUT2D eigenvalue weighted by Crippen LogP contribution is 2.22. The Bertz CT molecular complexity index is 1120. The highest BCUT2D eigenvalue weighted by molar-refractivity contribution is 8.05. The van der Waals surface area contributed by atoms with Gasteiger partial charge in [-0.25, -0.2) is 0 Å². The quantitative estimate of drug-likeness (QED) is 0.231. The lowest BCUT2D eigenvalue weighted by Gasteiger charge is -2.12. The van der Waals surface area contributed by atoms with Crippen LogP contribution in [0.2, 0.25) is 0 Å². The molecule has 3 rings (SSSR count). The van der Waals surface area contributed by atoms with Gasteiger partial charge in [-0.05, 0) is 110 Å². The molecule has 0 spiro atoms. The van der Waals surface area contributed by atoms with E-state index in [0.717, 1.165) is 41.0 Å². The highest BCUT2D eigenvalue weighted by atomic mass is 32.2. The fourth-order valence-electron chi connectivity index (χ4n) is 3.48. The molecule has 0 saturated heterocycles. The highest BCUT2D eigenvalue weighted by Gasteiger charge is 2.08. The summed E-state index contributed by atoms with van der Waals surface area (Å²) in [6.45, 7) is 24.4. The Balaban J connectivity index is 0.000000991. The number of hydrogen-bond donors (Lipinski definition) is 0. The summed E-state index contributed by atoms with van der Waals surface area (Å²) < 4.78 is 6.03. The molecule has 3 heteroatoms. The van der Waals surface area contributed by atoms with E-state index in [4.69, 9.17) is 4.74 Å². The van der Waals surface area contributed by atoms with E-state index in [1.807, 2.05) is 58.9 Å². The second-order valence-corrected chi connectivity index (χ2v) is 10.4. The van der Waals surface area contributed by atoms with Gasteiger partial charge >= 0.3 is 0 Å². The van der Waals surface area contributed by atoms with E-state index in [2.05, 4.69) is 82.1 Å². The van der Waals surface area contributed by atoms with Crippen molar-refractivity contribution in [3.05, 3.63) is 123 Å². The van der Waals surface area contributed by atoms with E-state index in [1.54, 1.807) is 18.7 Å². The first-order valence-electron chi connectivity index (χ1n) is 14.5. The molecular formula is C37H52O2S. The van der Waals surface area contributed by atoms with Crippen LogP contribution in [-0.2, 0) is 19.4 Å². The number of carbonyl (C=O) groups is 1. The molecule has 0 aromatic heterocycles. The standard InChI is InChI=1S/C25H26O2.C8H14S.2C2H6/c1-18-8-4-6-10-22(18)13-12-21-14-24(20(3)26)16-25(15-21)27-17-23-11-7-5-9-19(23)2;1-5-8(4)6-9-7(2)3;2*1-2/h4-11,14-16H,12-13,17H2,1-3H3;6H,2,5H2,1,3-4H3;2*1-2H3/b;8-6+;;. The summed E-state index contributed by atoms with van der Waals surface area (Å²) >= 11 is 1.71. The molecule has 0 aliphatic rings. The van der Waals surface area contributed by atoms with Crippen LogP contribution in [0.4, 0.5) is 0 Å². The fourth-order valence-corrected chi connectivity index (χ4v) is 4.05. The van der Waals surface area contributed by atoms with Crippen LogP contribution < -0.4 is 4.74 Å². The van der Waals surface area contributed by atoms with Gasteiger partial charge in [-0.1, -0.05) is 95.3 Å². The minimum absolute atomic E-state index is 0.0634. The molecule has 3 aromatic rings. The van der Waals surface area contributed by atoms with Crippen LogP contribution in [0.5, 0.6) is 5.75 Å². The van der Waals surface area contributed by atoms with Gasteiger partial charge < -0.3 is 4.74 Å². The molecule has 218 valence electrons. The van der Waals surface area contributed by atoms with E-state index < -0.39 is 0 Å². The predicted octanol–water partition coefficient (Wildman–Crippen LogP) is 11.5. The van der Waals surface area contributed by atoms with E-state index in [1.165, 1.54) is 22.3 Å². The zero-order valence-electron chi connectivity index (χ0n) is 26.7. The Morgan fingerprint density at radius 3 is 1.88 bits per heavy atom. The smallest absolute Gasteiger partial charge is 0.159 e. The van der Waals surface area contributed by atoms with Crippen molar-refractivity contribution in [2.75, 3.05) is 0 Å². The molecular weight excluding hydrogens is 508 g/mol. The van der Waals surface area contributed by atoms with Crippen LogP contribution >= 0.6 is 11.8 Å². The summed E-state index contributed by atoms with van der Waals surface area (Å²) in [6.07, 6.45) is 2.97. The van der Waals surface area contributed by atoms with Gasteiger partial charge in [0.25, 0.3) is 0 Å². The topological polar surface area (TPSA) is 26.3 Å². The minimum atomic E-state index is 0.0634. The van der Waals surface area contributed by atoms with Crippen molar-refractivity contribution in [2.24, 2.45) is 0 Å². The van der Waals surface area contributed by atoms with E-state index in [0.29, 0.717) is 12.2 Å². The molecule has 0 N–H and O–H groups in total. The maximum absolute atomic E-state index is 12.0. The molecule has 0 unspecified atom stereocenters. The lowest BCUT2D eigenvalue weighted by Crippen LogP contribution is -2.02. The number of hydrogen-bond acceptors (Lipinski definition) is 3. The number of ether oxygens (including phenoxy) is 1. The van der Waals surface area contributed by atoms with Gasteiger partial charge in [0.1, 0.15) is 12.4 Å². The number of carbonyl (C=O) groups excluding carboxylic acids is 1. The van der Waals surface area contributed by atoms with Crippen molar-refractivity contribution >= 4 is 17.5 Å². The molecule has 0 fully saturated rings. The van der Waals surface area contributed by atoms with E-state index in [-0.39, 0.29) is 5.78 Å². The number of allylic oxidation sites excluding steroid dienone is 2. The second kappa shape index (κ2) is 21.7. The molecule has 40 heavy (non-hydrogen) atoms. The molecule has 0 aliphatic carbocycles. The third-order valence-electron chi connectivity index (χ3n) is 5.99. The van der Waals surface area contributed by atoms with Crippen LogP contribution in [0.3, 0.4) is 0 Å².